The van der Waals surface area contributed by atoms with Crippen molar-refractivity contribution < 1.29 is 9.18 Å². The van der Waals surface area contributed by atoms with Crippen LogP contribution in [-0.4, -0.2) is 31.5 Å². The summed E-state index contributed by atoms with van der Waals surface area (Å²) in [6.07, 6.45) is 5.74. The predicted octanol–water partition coefficient (Wildman–Crippen LogP) is 2.09. The lowest BCUT2D eigenvalue weighted by Crippen LogP contribution is -2.38. The molecule has 27 heavy (non-hydrogen) atoms. The predicted molar refractivity (Wildman–Crippen MR) is 98.2 cm³/mol. The zero-order valence-electron chi connectivity index (χ0n) is 15.0. The van der Waals surface area contributed by atoms with Crippen molar-refractivity contribution in [2.45, 2.75) is 45.2 Å². The average Bonchev–Trinajstić information content (AvgIpc) is 3.30. The number of hydrogen-bond donors (Lipinski definition) is 1. The van der Waals surface area contributed by atoms with Gasteiger partial charge in [-0.2, -0.15) is 10.2 Å². The van der Waals surface area contributed by atoms with E-state index >= 15 is 0 Å². The molecular weight excluding hydrogens is 349 g/mol. The minimum atomic E-state index is -0.404. The lowest BCUT2D eigenvalue weighted by molar-refractivity contribution is -0.122. The van der Waals surface area contributed by atoms with Crippen molar-refractivity contribution in [2.75, 3.05) is 0 Å². The molecule has 8 heteroatoms. The van der Waals surface area contributed by atoms with Crippen molar-refractivity contribution in [2.24, 2.45) is 0 Å². The third-order valence-corrected chi connectivity index (χ3v) is 4.95. The molecule has 0 radical (unpaired) electrons. The fraction of sp³-hybridized carbons (Fsp3) is 0.368. The van der Waals surface area contributed by atoms with E-state index < -0.39 is 5.56 Å². The second-order valence-electron chi connectivity index (χ2n) is 6.89. The highest BCUT2D eigenvalue weighted by atomic mass is 19.1. The molecule has 4 rings (SSSR count). The number of nitrogens with zero attached hydrogens (tertiary/aromatic N) is 4. The van der Waals surface area contributed by atoms with Crippen molar-refractivity contribution in [3.8, 4) is 5.69 Å². The number of rotatable bonds is 4. The quantitative estimate of drug-likeness (QED) is 0.763. The number of amides is 1. The van der Waals surface area contributed by atoms with Crippen LogP contribution >= 0.6 is 0 Å². The van der Waals surface area contributed by atoms with Gasteiger partial charge in [0.2, 0.25) is 5.91 Å². The fourth-order valence-electron chi connectivity index (χ4n) is 3.59. The molecule has 1 saturated carbocycles. The number of nitrogens with one attached hydrogen (secondary N) is 1. The average molecular weight is 369 g/mol. The Kier molecular flexibility index (Phi) is 4.47. The second kappa shape index (κ2) is 6.94. The SMILES string of the molecule is Cc1nn(CC(=O)NC2CCCC2)c(=O)c2c1cnn2-c1ccc(F)cc1. The van der Waals surface area contributed by atoms with Crippen molar-refractivity contribution in [3.05, 3.63) is 52.3 Å². The van der Waals surface area contributed by atoms with Crippen LogP contribution in [0.4, 0.5) is 4.39 Å². The van der Waals surface area contributed by atoms with Gasteiger partial charge < -0.3 is 5.32 Å². The minimum Gasteiger partial charge on any atom is -0.352 e. The first-order valence-electron chi connectivity index (χ1n) is 9.03. The van der Waals surface area contributed by atoms with Gasteiger partial charge in [0.05, 0.1) is 17.6 Å². The van der Waals surface area contributed by atoms with Crippen LogP contribution in [0.15, 0.2) is 35.3 Å². The Hall–Kier alpha value is -3.03. The molecule has 0 unspecified atom stereocenters. The van der Waals surface area contributed by atoms with Crippen LogP contribution in [0.2, 0.25) is 0 Å². The first-order chi connectivity index (χ1) is 13.0. The van der Waals surface area contributed by atoms with E-state index in [0.29, 0.717) is 22.3 Å². The standard InChI is InChI=1S/C19H20FN5O2/c1-12-16-10-21-25(15-8-6-13(20)7-9-15)18(16)19(27)24(23-12)11-17(26)22-14-4-2-3-5-14/h6-10,14H,2-5,11H2,1H3,(H,22,26). The highest BCUT2D eigenvalue weighted by Gasteiger charge is 2.20. The van der Waals surface area contributed by atoms with Crippen LogP contribution in [0, 0.1) is 12.7 Å². The number of carbonyl (C=O) groups excluding carboxylic acids is 1. The summed E-state index contributed by atoms with van der Waals surface area (Å²) in [6.45, 7) is 1.63. The number of carbonyl (C=O) groups is 1. The maximum absolute atomic E-state index is 13.2. The van der Waals surface area contributed by atoms with Gasteiger partial charge in [0.1, 0.15) is 17.9 Å². The van der Waals surface area contributed by atoms with Crippen LogP contribution < -0.4 is 10.9 Å². The fourth-order valence-corrected chi connectivity index (χ4v) is 3.59. The summed E-state index contributed by atoms with van der Waals surface area (Å²) in [4.78, 5) is 25.3. The van der Waals surface area contributed by atoms with Gasteiger partial charge in [-0.15, -0.1) is 0 Å². The highest BCUT2D eigenvalue weighted by molar-refractivity contribution is 5.82. The number of hydrogen-bond acceptors (Lipinski definition) is 4. The summed E-state index contributed by atoms with van der Waals surface area (Å²) in [5.74, 6) is -0.586. The smallest absolute Gasteiger partial charge is 0.293 e. The van der Waals surface area contributed by atoms with Gasteiger partial charge >= 0.3 is 0 Å². The number of halogens is 1. The third-order valence-electron chi connectivity index (χ3n) is 4.95. The first kappa shape index (κ1) is 17.4. The molecule has 0 saturated heterocycles. The molecule has 1 aliphatic rings. The number of aryl methyl sites for hydroxylation is 1. The summed E-state index contributed by atoms with van der Waals surface area (Å²) >= 11 is 0. The minimum absolute atomic E-state index is 0.138. The Balaban J connectivity index is 1.71. The van der Waals surface area contributed by atoms with Crippen LogP contribution in [0.25, 0.3) is 16.6 Å². The van der Waals surface area contributed by atoms with E-state index in [9.17, 15) is 14.0 Å². The normalized spacial score (nSPS) is 14.7. The molecule has 140 valence electrons. The molecule has 2 heterocycles. The largest absolute Gasteiger partial charge is 0.352 e. The number of fused-ring (bicyclic) bond motifs is 1. The van der Waals surface area contributed by atoms with Gasteiger partial charge in [0.25, 0.3) is 5.56 Å². The molecule has 0 aliphatic heterocycles. The van der Waals surface area contributed by atoms with Crippen molar-refractivity contribution in [1.29, 1.82) is 0 Å². The number of aromatic nitrogens is 4. The van der Waals surface area contributed by atoms with E-state index in [0.717, 1.165) is 25.7 Å². The molecule has 7 nitrogen and oxygen atoms in total. The molecule has 0 spiro atoms. The molecule has 1 fully saturated rings. The first-order valence-corrected chi connectivity index (χ1v) is 9.03. The zero-order valence-corrected chi connectivity index (χ0v) is 15.0. The van der Waals surface area contributed by atoms with E-state index in [4.69, 9.17) is 0 Å². The summed E-state index contributed by atoms with van der Waals surface area (Å²) < 4.78 is 15.8. The van der Waals surface area contributed by atoms with Crippen LogP contribution in [-0.2, 0) is 11.3 Å². The monoisotopic (exact) mass is 369 g/mol. The maximum Gasteiger partial charge on any atom is 0.293 e. The molecule has 1 aliphatic carbocycles. The molecule has 1 aromatic carbocycles. The molecule has 0 atom stereocenters. The lowest BCUT2D eigenvalue weighted by atomic mass is 10.2. The molecule has 3 aromatic rings. The Bertz CT molecular complexity index is 1050. The van der Waals surface area contributed by atoms with Gasteiger partial charge in [-0.25, -0.2) is 13.8 Å². The van der Waals surface area contributed by atoms with E-state index in [1.165, 1.54) is 21.5 Å². The second-order valence-corrected chi connectivity index (χ2v) is 6.89. The summed E-state index contributed by atoms with van der Waals surface area (Å²) in [6, 6.07) is 5.90. The van der Waals surface area contributed by atoms with Gasteiger partial charge in [-0.3, -0.25) is 9.59 Å². The molecular formula is C19H20FN5O2. The molecule has 2 aromatic heterocycles. The van der Waals surface area contributed by atoms with Crippen LogP contribution in [0.5, 0.6) is 0 Å². The Morgan fingerprint density at radius 1 is 1.26 bits per heavy atom. The van der Waals surface area contributed by atoms with Gasteiger partial charge in [0.15, 0.2) is 0 Å². The van der Waals surface area contributed by atoms with E-state index in [-0.39, 0.29) is 24.3 Å². The third kappa shape index (κ3) is 3.34. The van der Waals surface area contributed by atoms with Crippen LogP contribution in [0.3, 0.4) is 0 Å². The van der Waals surface area contributed by atoms with Gasteiger partial charge in [-0.05, 0) is 44.0 Å². The van der Waals surface area contributed by atoms with Gasteiger partial charge in [0, 0.05) is 11.4 Å². The highest BCUT2D eigenvalue weighted by Crippen LogP contribution is 2.18. The Morgan fingerprint density at radius 2 is 1.96 bits per heavy atom. The van der Waals surface area contributed by atoms with Crippen LogP contribution in [0.1, 0.15) is 31.4 Å². The molecule has 1 N–H and O–H groups in total. The molecule has 0 bridgehead atoms. The van der Waals surface area contributed by atoms with Gasteiger partial charge in [-0.1, -0.05) is 12.8 Å². The van der Waals surface area contributed by atoms with E-state index in [2.05, 4.69) is 15.5 Å². The maximum atomic E-state index is 13.2. The van der Waals surface area contributed by atoms with Crippen molar-refractivity contribution in [3.63, 3.8) is 0 Å². The number of benzene rings is 1. The molecule has 1 amide bonds. The van der Waals surface area contributed by atoms with E-state index in [1.807, 2.05) is 0 Å². The van der Waals surface area contributed by atoms with Crippen molar-refractivity contribution in [1.82, 2.24) is 24.9 Å². The summed E-state index contributed by atoms with van der Waals surface area (Å²) in [5.41, 5.74) is 1.09. The Labute approximate surface area is 154 Å². The van der Waals surface area contributed by atoms with E-state index in [1.54, 1.807) is 25.3 Å². The summed E-state index contributed by atoms with van der Waals surface area (Å²) in [5, 5.41) is 12.1. The lowest BCUT2D eigenvalue weighted by Gasteiger charge is -2.13. The Morgan fingerprint density at radius 3 is 2.67 bits per heavy atom. The topological polar surface area (TPSA) is 81.8 Å². The van der Waals surface area contributed by atoms with Crippen molar-refractivity contribution >= 4 is 16.8 Å². The zero-order chi connectivity index (χ0) is 19.0. The summed E-state index contributed by atoms with van der Waals surface area (Å²) in [7, 11) is 0.